The van der Waals surface area contributed by atoms with Crippen molar-refractivity contribution in [3.05, 3.63) is 58.6 Å². The molecule has 6 heteroatoms. The van der Waals surface area contributed by atoms with Crippen LogP contribution >= 0.6 is 15.9 Å². The molecule has 3 rings (SSSR count). The molecule has 0 fully saturated rings. The minimum Gasteiger partial charge on any atom is -0.345 e. The van der Waals surface area contributed by atoms with Crippen LogP contribution in [0.2, 0.25) is 0 Å². The second-order valence-corrected chi connectivity index (χ2v) is 5.65. The fourth-order valence-electron chi connectivity index (χ4n) is 2.16. The summed E-state index contributed by atoms with van der Waals surface area (Å²) in [4.78, 5) is 23.7. The zero-order valence-corrected chi connectivity index (χ0v) is 12.9. The van der Waals surface area contributed by atoms with Crippen LogP contribution in [0.3, 0.4) is 0 Å². The van der Waals surface area contributed by atoms with Gasteiger partial charge in [-0.25, -0.2) is 4.98 Å². The van der Waals surface area contributed by atoms with Gasteiger partial charge in [0.25, 0.3) is 5.91 Å². The van der Waals surface area contributed by atoms with Gasteiger partial charge in [0.15, 0.2) is 0 Å². The number of H-pyrrole nitrogens is 1. The number of nitrogens with zero attached hydrogens (tertiary/aromatic N) is 2. The molecule has 0 aliphatic heterocycles. The molecule has 1 atom stereocenters. The van der Waals surface area contributed by atoms with Crippen molar-refractivity contribution in [2.24, 2.45) is 0 Å². The van der Waals surface area contributed by atoms with E-state index in [2.05, 4.69) is 36.2 Å². The predicted octanol–water partition coefficient (Wildman–Crippen LogP) is 3.21. The third kappa shape index (κ3) is 2.80. The van der Waals surface area contributed by atoms with Crippen molar-refractivity contribution in [2.45, 2.75) is 13.0 Å². The van der Waals surface area contributed by atoms with E-state index in [-0.39, 0.29) is 11.9 Å². The molecule has 0 saturated carbocycles. The lowest BCUT2D eigenvalue weighted by atomic mass is 10.1. The molecule has 0 unspecified atom stereocenters. The summed E-state index contributed by atoms with van der Waals surface area (Å²) < 4.78 is 0.837. The Morgan fingerprint density at radius 1 is 1.43 bits per heavy atom. The van der Waals surface area contributed by atoms with E-state index in [1.165, 1.54) is 0 Å². The van der Waals surface area contributed by atoms with Crippen LogP contribution in [0, 0.1) is 0 Å². The third-order valence-electron chi connectivity index (χ3n) is 3.27. The second kappa shape index (κ2) is 5.65. The average Bonchev–Trinajstić information content (AvgIpc) is 2.91. The third-order valence-corrected chi connectivity index (χ3v) is 3.71. The molecule has 3 aromatic heterocycles. The van der Waals surface area contributed by atoms with Crippen molar-refractivity contribution in [1.29, 1.82) is 0 Å². The fraction of sp³-hybridized carbons (Fsp3) is 0.133. The lowest BCUT2D eigenvalue weighted by Gasteiger charge is -2.13. The maximum Gasteiger partial charge on any atom is 0.253 e. The molecule has 0 radical (unpaired) electrons. The molecule has 1 amide bonds. The molecule has 0 aliphatic rings. The van der Waals surface area contributed by atoms with Crippen molar-refractivity contribution in [3.8, 4) is 0 Å². The van der Waals surface area contributed by atoms with Crippen LogP contribution in [0.4, 0.5) is 0 Å². The van der Waals surface area contributed by atoms with E-state index in [0.717, 1.165) is 15.4 Å². The number of hydrogen-bond acceptors (Lipinski definition) is 3. The number of aromatic nitrogens is 3. The number of fused-ring (bicyclic) bond motifs is 1. The van der Waals surface area contributed by atoms with Crippen molar-refractivity contribution < 1.29 is 4.79 Å². The number of amides is 1. The summed E-state index contributed by atoms with van der Waals surface area (Å²) in [5, 5.41) is 3.76. The summed E-state index contributed by atoms with van der Waals surface area (Å²) in [6.45, 7) is 1.93. The zero-order valence-electron chi connectivity index (χ0n) is 11.3. The predicted molar refractivity (Wildman–Crippen MR) is 83.9 cm³/mol. The van der Waals surface area contributed by atoms with Crippen molar-refractivity contribution in [3.63, 3.8) is 0 Å². The first-order chi connectivity index (χ1) is 10.1. The van der Waals surface area contributed by atoms with Crippen molar-refractivity contribution in [2.75, 3.05) is 0 Å². The molecule has 2 N–H and O–H groups in total. The van der Waals surface area contributed by atoms with Gasteiger partial charge in [-0.15, -0.1) is 0 Å². The number of carbonyl (C=O) groups excluding carboxylic acids is 1. The van der Waals surface area contributed by atoms with Crippen molar-refractivity contribution >= 4 is 32.9 Å². The highest BCUT2D eigenvalue weighted by atomic mass is 79.9. The van der Waals surface area contributed by atoms with Gasteiger partial charge in [-0.05, 0) is 40.5 Å². The summed E-state index contributed by atoms with van der Waals surface area (Å²) in [6.07, 6.45) is 6.83. The quantitative estimate of drug-likeness (QED) is 0.766. The number of nitrogens with one attached hydrogen (secondary N) is 2. The van der Waals surface area contributed by atoms with Crippen molar-refractivity contribution in [1.82, 2.24) is 20.3 Å². The maximum absolute atomic E-state index is 12.4. The second-order valence-electron chi connectivity index (χ2n) is 4.73. The molecule has 106 valence electrons. The van der Waals surface area contributed by atoms with Crippen LogP contribution in [-0.2, 0) is 0 Å². The van der Waals surface area contributed by atoms with E-state index in [0.29, 0.717) is 11.2 Å². The number of pyridine rings is 2. The van der Waals surface area contributed by atoms with E-state index in [1.54, 1.807) is 24.8 Å². The molecule has 0 spiro atoms. The smallest absolute Gasteiger partial charge is 0.253 e. The van der Waals surface area contributed by atoms with Gasteiger partial charge in [-0.2, -0.15) is 0 Å². The van der Waals surface area contributed by atoms with Crippen LogP contribution in [0.5, 0.6) is 0 Å². The Hall–Kier alpha value is -2.21. The SMILES string of the molecule is C[C@@H](NC(=O)c1c[nH]c2ncc(Br)cc12)c1cccnc1. The average molecular weight is 345 g/mol. The molecule has 0 bridgehead atoms. The van der Waals surface area contributed by atoms with Gasteiger partial charge in [0, 0.05) is 34.6 Å². The zero-order chi connectivity index (χ0) is 14.8. The van der Waals surface area contributed by atoms with Gasteiger partial charge in [0.1, 0.15) is 5.65 Å². The highest BCUT2D eigenvalue weighted by Crippen LogP contribution is 2.21. The number of rotatable bonds is 3. The van der Waals surface area contributed by atoms with E-state index in [1.807, 2.05) is 25.1 Å². The lowest BCUT2D eigenvalue weighted by Crippen LogP contribution is -2.26. The van der Waals surface area contributed by atoms with Crippen LogP contribution in [0.15, 0.2) is 47.5 Å². The fourth-order valence-corrected chi connectivity index (χ4v) is 2.49. The van der Waals surface area contributed by atoms with E-state index >= 15 is 0 Å². The molecule has 0 aromatic carbocycles. The number of hydrogen-bond donors (Lipinski definition) is 2. The molecular weight excluding hydrogens is 332 g/mol. The molecule has 3 aromatic rings. The highest BCUT2D eigenvalue weighted by Gasteiger charge is 2.16. The van der Waals surface area contributed by atoms with Gasteiger partial charge in [0.05, 0.1) is 11.6 Å². The first-order valence-electron chi connectivity index (χ1n) is 6.48. The molecule has 0 aliphatic carbocycles. The monoisotopic (exact) mass is 344 g/mol. The Kier molecular flexibility index (Phi) is 3.70. The Balaban J connectivity index is 1.86. The molecule has 21 heavy (non-hydrogen) atoms. The first-order valence-corrected chi connectivity index (χ1v) is 7.28. The number of aromatic amines is 1. The summed E-state index contributed by atoms with van der Waals surface area (Å²) >= 11 is 3.37. The molecule has 0 saturated heterocycles. The highest BCUT2D eigenvalue weighted by molar-refractivity contribution is 9.10. The molecular formula is C15H13BrN4O. The van der Waals surface area contributed by atoms with Gasteiger partial charge in [-0.1, -0.05) is 6.07 Å². The minimum atomic E-state index is -0.141. The van der Waals surface area contributed by atoms with Crippen LogP contribution in [0.25, 0.3) is 11.0 Å². The number of carbonyl (C=O) groups is 1. The van der Waals surface area contributed by atoms with Gasteiger partial charge < -0.3 is 10.3 Å². The molecule has 3 heterocycles. The van der Waals surface area contributed by atoms with Crippen LogP contribution in [0.1, 0.15) is 28.9 Å². The topological polar surface area (TPSA) is 70.7 Å². The largest absolute Gasteiger partial charge is 0.345 e. The van der Waals surface area contributed by atoms with E-state index in [4.69, 9.17) is 0 Å². The van der Waals surface area contributed by atoms with Gasteiger partial charge in [-0.3, -0.25) is 9.78 Å². The Labute approximate surface area is 129 Å². The van der Waals surface area contributed by atoms with Gasteiger partial charge >= 0.3 is 0 Å². The summed E-state index contributed by atoms with van der Waals surface area (Å²) in [5.74, 6) is -0.141. The van der Waals surface area contributed by atoms with E-state index < -0.39 is 0 Å². The Morgan fingerprint density at radius 3 is 3.05 bits per heavy atom. The maximum atomic E-state index is 12.4. The Morgan fingerprint density at radius 2 is 2.29 bits per heavy atom. The summed E-state index contributed by atoms with van der Waals surface area (Å²) in [5.41, 5.74) is 2.23. The summed E-state index contributed by atoms with van der Waals surface area (Å²) in [7, 11) is 0. The first kappa shape index (κ1) is 13.8. The minimum absolute atomic E-state index is 0.115. The van der Waals surface area contributed by atoms with Gasteiger partial charge in [0.2, 0.25) is 0 Å². The lowest BCUT2D eigenvalue weighted by molar-refractivity contribution is 0.0941. The van der Waals surface area contributed by atoms with Crippen LogP contribution in [-0.4, -0.2) is 20.9 Å². The van der Waals surface area contributed by atoms with E-state index in [9.17, 15) is 4.79 Å². The summed E-state index contributed by atoms with van der Waals surface area (Å²) in [6, 6.07) is 5.55. The molecule has 5 nitrogen and oxygen atoms in total. The van der Waals surface area contributed by atoms with Crippen LogP contribution < -0.4 is 5.32 Å². The Bertz CT molecular complexity index is 785. The normalized spacial score (nSPS) is 12.3. The standard InChI is InChI=1S/C15H13BrN4O/c1-9(10-3-2-4-17-6-10)20-15(21)13-8-19-14-12(13)5-11(16)7-18-14/h2-9H,1H3,(H,18,19)(H,20,21)/t9-/m1/s1. The number of halogens is 1.